The van der Waals surface area contributed by atoms with Crippen molar-refractivity contribution in [3.8, 4) is 0 Å². The molecule has 0 heterocycles. The van der Waals surface area contributed by atoms with Crippen molar-refractivity contribution in [3.63, 3.8) is 0 Å². The molecule has 0 aromatic rings. The van der Waals surface area contributed by atoms with Crippen LogP contribution in [-0.2, 0) is 0 Å². The summed E-state index contributed by atoms with van der Waals surface area (Å²) < 4.78 is 0. The van der Waals surface area contributed by atoms with Crippen molar-refractivity contribution in [1.29, 1.82) is 0 Å². The van der Waals surface area contributed by atoms with Crippen LogP contribution in [0.5, 0.6) is 0 Å². The molecule has 3 atom stereocenters. The highest BCUT2D eigenvalue weighted by Gasteiger charge is 2.45. The minimum Gasteiger partial charge on any atom is -0.0971 e. The third kappa shape index (κ3) is 6.22. The lowest BCUT2D eigenvalue weighted by Crippen LogP contribution is -2.33. The van der Waals surface area contributed by atoms with Crippen LogP contribution in [0.2, 0.25) is 0 Å². The molecule has 29 heavy (non-hydrogen) atoms. The molecule has 0 saturated heterocycles. The molecule has 0 aliphatic heterocycles. The Morgan fingerprint density at radius 3 is 1.45 bits per heavy atom. The predicted octanol–water partition coefficient (Wildman–Crippen LogP) is 9.77. The summed E-state index contributed by atoms with van der Waals surface area (Å²) in [5.41, 5.74) is 4.35. The second kappa shape index (κ2) is 10.2. The van der Waals surface area contributed by atoms with Crippen LogP contribution in [-0.4, -0.2) is 32.9 Å². The van der Waals surface area contributed by atoms with Crippen molar-refractivity contribution in [1.82, 2.24) is 0 Å². The highest BCUT2D eigenvalue weighted by Crippen LogP contribution is 2.68. The first-order valence-electron chi connectivity index (χ1n) is 13.2. The molecule has 0 spiro atoms. The van der Waals surface area contributed by atoms with Crippen molar-refractivity contribution in [3.05, 3.63) is 0 Å². The van der Waals surface area contributed by atoms with Crippen molar-refractivity contribution in [2.24, 2.45) is 5.92 Å². The van der Waals surface area contributed by atoms with Gasteiger partial charge in [-0.25, -0.2) is 0 Å². The molecule has 3 aliphatic carbocycles. The fourth-order valence-corrected chi connectivity index (χ4v) is 17.6. The summed E-state index contributed by atoms with van der Waals surface area (Å²) in [6, 6.07) is 0. The molecule has 0 radical (unpaired) electrons. The van der Waals surface area contributed by atoms with Crippen LogP contribution in [0.15, 0.2) is 0 Å². The quantitative estimate of drug-likeness (QED) is 0.375. The van der Waals surface area contributed by atoms with E-state index in [1.807, 2.05) is 0 Å². The monoisotopic (exact) mass is 438 g/mol. The zero-order chi connectivity index (χ0) is 21.2. The van der Waals surface area contributed by atoms with Gasteiger partial charge in [-0.05, 0) is 83.8 Å². The summed E-state index contributed by atoms with van der Waals surface area (Å²) >= 11 is 0. The van der Waals surface area contributed by atoms with E-state index in [0.717, 1.165) is 28.6 Å². The molecule has 0 N–H and O–H groups in total. The lowest BCUT2D eigenvalue weighted by atomic mass is 9.99. The predicted molar refractivity (Wildman–Crippen MR) is 138 cm³/mol. The van der Waals surface area contributed by atoms with Crippen LogP contribution < -0.4 is 0 Å². The molecule has 3 aliphatic rings. The summed E-state index contributed by atoms with van der Waals surface area (Å²) in [4.78, 5) is 0. The summed E-state index contributed by atoms with van der Waals surface area (Å²) in [5, 5.41) is 0.950. The van der Waals surface area contributed by atoms with E-state index in [1.165, 1.54) is 12.8 Å². The molecule has 0 aromatic carbocycles. The third-order valence-electron chi connectivity index (χ3n) is 8.39. The second-order valence-corrected chi connectivity index (χ2v) is 20.0. The van der Waals surface area contributed by atoms with Gasteiger partial charge in [0.15, 0.2) is 0 Å². The average Bonchev–Trinajstić information content (AvgIpc) is 3.11. The molecule has 0 aromatic heterocycles. The molecule has 0 amide bonds. The molecule has 3 fully saturated rings. The Morgan fingerprint density at radius 1 is 0.586 bits per heavy atom. The molecule has 3 saturated carbocycles. The number of hydrogen-bond acceptors (Lipinski definition) is 0. The van der Waals surface area contributed by atoms with Gasteiger partial charge in [0.25, 0.3) is 0 Å². The van der Waals surface area contributed by atoms with E-state index >= 15 is 0 Å². The zero-order valence-corrected chi connectivity index (χ0v) is 22.8. The smallest absolute Gasteiger partial charge is 0.0172 e. The molecule has 170 valence electrons. The first-order valence-corrected chi connectivity index (χ1v) is 16.1. The maximum atomic E-state index is 2.67. The molecular formula is C27H52P2. The van der Waals surface area contributed by atoms with Crippen LogP contribution >= 0.6 is 15.8 Å². The topological polar surface area (TPSA) is 0 Å². The van der Waals surface area contributed by atoms with Gasteiger partial charge in [0.1, 0.15) is 0 Å². The standard InChI is InChI=1S/C27H52P2/c1-21(29(26(2,3)4)27(5,6)7)22-18-19-25(20-22)28(23-14-10-8-11-15-23)24-16-12-9-13-17-24/h21-25H,8-20H2,1-7H3/t21-,22?,25?/m1/s1. The fourth-order valence-electron chi connectivity index (χ4n) is 7.79. The third-order valence-corrected chi connectivity index (χ3v) is 16.6. The van der Waals surface area contributed by atoms with Gasteiger partial charge in [0.2, 0.25) is 0 Å². The van der Waals surface area contributed by atoms with Crippen LogP contribution in [0.3, 0.4) is 0 Å². The molecule has 0 bridgehead atoms. The summed E-state index contributed by atoms with van der Waals surface area (Å²) in [6.07, 6.45) is 20.3. The minimum atomic E-state index is 0.0249. The van der Waals surface area contributed by atoms with E-state index in [1.54, 1.807) is 70.6 Å². The van der Waals surface area contributed by atoms with Crippen molar-refractivity contribution >= 4 is 15.8 Å². The highest BCUT2D eigenvalue weighted by molar-refractivity contribution is 7.61. The van der Waals surface area contributed by atoms with Crippen LogP contribution in [0, 0.1) is 5.92 Å². The van der Waals surface area contributed by atoms with Crippen LogP contribution in [0.1, 0.15) is 132 Å². The van der Waals surface area contributed by atoms with Crippen molar-refractivity contribution in [2.45, 2.75) is 165 Å². The maximum absolute atomic E-state index is 2.67. The van der Waals surface area contributed by atoms with Gasteiger partial charge in [-0.1, -0.05) is 103 Å². The van der Waals surface area contributed by atoms with Crippen molar-refractivity contribution < 1.29 is 0 Å². The Labute approximate surface area is 186 Å². The van der Waals surface area contributed by atoms with E-state index in [9.17, 15) is 0 Å². The molecule has 3 rings (SSSR count). The molecule has 2 unspecified atom stereocenters. The molecular weight excluding hydrogens is 386 g/mol. The van der Waals surface area contributed by atoms with Gasteiger partial charge in [-0.15, -0.1) is 0 Å². The number of hydrogen-bond donors (Lipinski definition) is 0. The summed E-state index contributed by atoms with van der Waals surface area (Å²) in [7, 11) is 0.307. The fraction of sp³-hybridized carbons (Fsp3) is 1.00. The van der Waals surface area contributed by atoms with Gasteiger partial charge < -0.3 is 0 Å². The SMILES string of the molecule is C[C@H](C1CCC(P(C2CCCCC2)C2CCCCC2)C1)P(C(C)(C)C)C(C)(C)C. The Morgan fingerprint density at radius 2 is 1.03 bits per heavy atom. The van der Waals surface area contributed by atoms with Gasteiger partial charge in [0.05, 0.1) is 0 Å². The van der Waals surface area contributed by atoms with Gasteiger partial charge >= 0.3 is 0 Å². The average molecular weight is 439 g/mol. The van der Waals surface area contributed by atoms with E-state index < -0.39 is 0 Å². The Balaban J connectivity index is 1.73. The summed E-state index contributed by atoms with van der Waals surface area (Å²) in [5.74, 6) is 1.02. The zero-order valence-electron chi connectivity index (χ0n) is 21.0. The van der Waals surface area contributed by atoms with E-state index in [-0.39, 0.29) is 15.8 Å². The van der Waals surface area contributed by atoms with Gasteiger partial charge in [-0.3, -0.25) is 0 Å². The largest absolute Gasteiger partial charge is 0.0971 e. The Kier molecular flexibility index (Phi) is 8.62. The highest BCUT2D eigenvalue weighted by atomic mass is 31.1. The maximum Gasteiger partial charge on any atom is -0.0172 e. The summed E-state index contributed by atoms with van der Waals surface area (Å²) in [6.45, 7) is 17.9. The second-order valence-electron chi connectivity index (χ2n) is 12.7. The van der Waals surface area contributed by atoms with E-state index in [0.29, 0.717) is 10.3 Å². The minimum absolute atomic E-state index is 0.0249. The number of rotatable bonds is 5. The molecule has 0 nitrogen and oxygen atoms in total. The first kappa shape index (κ1) is 24.5. The van der Waals surface area contributed by atoms with Crippen molar-refractivity contribution in [2.75, 3.05) is 0 Å². The van der Waals surface area contributed by atoms with E-state index in [2.05, 4.69) is 48.5 Å². The lowest BCUT2D eigenvalue weighted by Gasteiger charge is -2.47. The van der Waals surface area contributed by atoms with Crippen LogP contribution in [0.4, 0.5) is 0 Å². The lowest BCUT2D eigenvalue weighted by molar-refractivity contribution is 0.478. The first-order chi connectivity index (χ1) is 13.6. The van der Waals surface area contributed by atoms with Gasteiger partial charge in [0, 0.05) is 0 Å². The van der Waals surface area contributed by atoms with Gasteiger partial charge in [-0.2, -0.15) is 0 Å². The van der Waals surface area contributed by atoms with Crippen LogP contribution in [0.25, 0.3) is 0 Å². The molecule has 2 heteroatoms. The Hall–Kier alpha value is 0.860. The Bertz CT molecular complexity index is 456. The normalized spacial score (nSPS) is 29.7. The van der Waals surface area contributed by atoms with E-state index in [4.69, 9.17) is 0 Å².